The summed E-state index contributed by atoms with van der Waals surface area (Å²) < 4.78 is 2.29. The van der Waals surface area contributed by atoms with E-state index < -0.39 is 0 Å². The van der Waals surface area contributed by atoms with Crippen molar-refractivity contribution in [3.8, 4) is 11.3 Å². The van der Waals surface area contributed by atoms with E-state index in [1.807, 2.05) is 18.5 Å². The summed E-state index contributed by atoms with van der Waals surface area (Å²) in [6.07, 6.45) is 8.69. The molecule has 0 amide bonds. The van der Waals surface area contributed by atoms with Crippen molar-refractivity contribution in [2.45, 2.75) is 44.6 Å². The molecule has 0 bridgehead atoms. The first-order chi connectivity index (χ1) is 9.25. The van der Waals surface area contributed by atoms with Crippen LogP contribution in [0.4, 0.5) is 5.82 Å². The lowest BCUT2D eigenvalue weighted by atomic mass is 10.1. The molecule has 0 atom stereocenters. The first-order valence-corrected chi connectivity index (χ1v) is 7.04. The molecule has 2 fully saturated rings. The SMILES string of the molecule is Cc1ccncc1-c1nc(C2CC2)n(C2CC2)c1N. The summed E-state index contributed by atoms with van der Waals surface area (Å²) in [4.78, 5) is 9.08. The van der Waals surface area contributed by atoms with Gasteiger partial charge in [0.2, 0.25) is 0 Å². The molecule has 0 spiro atoms. The highest BCUT2D eigenvalue weighted by atomic mass is 15.2. The largest absolute Gasteiger partial charge is 0.383 e. The Morgan fingerprint density at radius 2 is 2.05 bits per heavy atom. The van der Waals surface area contributed by atoms with Crippen molar-refractivity contribution < 1.29 is 0 Å². The molecule has 2 aromatic heterocycles. The maximum atomic E-state index is 6.38. The molecule has 4 rings (SSSR count). The molecule has 0 radical (unpaired) electrons. The summed E-state index contributed by atoms with van der Waals surface area (Å²) in [6, 6.07) is 2.61. The van der Waals surface area contributed by atoms with Crippen LogP contribution < -0.4 is 5.73 Å². The molecule has 2 aliphatic carbocycles. The van der Waals surface area contributed by atoms with Gasteiger partial charge in [-0.1, -0.05) is 0 Å². The van der Waals surface area contributed by atoms with Gasteiger partial charge in [0.1, 0.15) is 17.3 Å². The Labute approximate surface area is 112 Å². The minimum atomic E-state index is 0.592. The van der Waals surface area contributed by atoms with E-state index in [1.165, 1.54) is 37.1 Å². The second-order valence-corrected chi connectivity index (χ2v) is 5.77. The quantitative estimate of drug-likeness (QED) is 0.915. The number of aromatic nitrogens is 3. The van der Waals surface area contributed by atoms with Crippen LogP contribution >= 0.6 is 0 Å². The van der Waals surface area contributed by atoms with Crippen molar-refractivity contribution in [1.82, 2.24) is 14.5 Å². The number of rotatable bonds is 3. The van der Waals surface area contributed by atoms with Crippen LogP contribution in [0.3, 0.4) is 0 Å². The number of hydrogen-bond donors (Lipinski definition) is 1. The van der Waals surface area contributed by atoms with E-state index >= 15 is 0 Å². The zero-order valence-corrected chi connectivity index (χ0v) is 11.1. The van der Waals surface area contributed by atoms with Crippen LogP contribution in [0, 0.1) is 6.92 Å². The molecule has 4 nitrogen and oxygen atoms in total. The van der Waals surface area contributed by atoms with Crippen LogP contribution in [0.1, 0.15) is 49.0 Å². The smallest absolute Gasteiger partial charge is 0.132 e. The van der Waals surface area contributed by atoms with Gasteiger partial charge in [0.25, 0.3) is 0 Å². The second kappa shape index (κ2) is 3.83. The lowest BCUT2D eigenvalue weighted by Crippen LogP contribution is -2.04. The summed E-state index contributed by atoms with van der Waals surface area (Å²) in [5.74, 6) is 2.67. The molecule has 0 aromatic carbocycles. The monoisotopic (exact) mass is 254 g/mol. The van der Waals surface area contributed by atoms with Crippen LogP contribution in [-0.4, -0.2) is 14.5 Å². The summed E-state index contributed by atoms with van der Waals surface area (Å²) in [5, 5.41) is 0. The van der Waals surface area contributed by atoms with Crippen molar-refractivity contribution in [2.75, 3.05) is 5.73 Å². The van der Waals surface area contributed by atoms with Gasteiger partial charge in [0, 0.05) is 29.9 Å². The molecule has 2 N–H and O–H groups in total. The Kier molecular flexibility index (Phi) is 2.22. The van der Waals surface area contributed by atoms with E-state index in [2.05, 4.69) is 16.5 Å². The fourth-order valence-electron chi connectivity index (χ4n) is 2.72. The normalized spacial score (nSPS) is 18.8. The highest BCUT2D eigenvalue weighted by Crippen LogP contribution is 2.48. The minimum absolute atomic E-state index is 0.592. The summed E-state index contributed by atoms with van der Waals surface area (Å²) in [5.41, 5.74) is 9.57. The molecule has 19 heavy (non-hydrogen) atoms. The average Bonchev–Trinajstić information content (AvgIpc) is 3.29. The van der Waals surface area contributed by atoms with Gasteiger partial charge in [0.05, 0.1) is 0 Å². The Bertz CT molecular complexity index is 636. The predicted octanol–water partition coefficient (Wildman–Crippen LogP) is 3.05. The zero-order chi connectivity index (χ0) is 13.0. The van der Waals surface area contributed by atoms with Crippen LogP contribution in [0.15, 0.2) is 18.5 Å². The topological polar surface area (TPSA) is 56.7 Å². The summed E-state index contributed by atoms with van der Waals surface area (Å²) >= 11 is 0. The van der Waals surface area contributed by atoms with Gasteiger partial charge in [-0.2, -0.15) is 0 Å². The number of imidazole rings is 1. The van der Waals surface area contributed by atoms with Gasteiger partial charge >= 0.3 is 0 Å². The van der Waals surface area contributed by atoms with Gasteiger partial charge in [-0.15, -0.1) is 0 Å². The lowest BCUT2D eigenvalue weighted by Gasteiger charge is -2.07. The molecule has 4 heteroatoms. The molecule has 0 unspecified atom stereocenters. The molecular formula is C15H18N4. The summed E-state index contributed by atoms with van der Waals surface area (Å²) in [6.45, 7) is 2.09. The molecule has 98 valence electrons. The third-order valence-corrected chi connectivity index (χ3v) is 4.12. The van der Waals surface area contributed by atoms with Crippen molar-refractivity contribution in [3.63, 3.8) is 0 Å². The Hall–Kier alpha value is -1.84. The third-order valence-electron chi connectivity index (χ3n) is 4.12. The first kappa shape index (κ1) is 11.0. The van der Waals surface area contributed by atoms with Crippen LogP contribution in [0.2, 0.25) is 0 Å². The minimum Gasteiger partial charge on any atom is -0.383 e. The van der Waals surface area contributed by atoms with Gasteiger partial charge in [-0.05, 0) is 44.2 Å². The van der Waals surface area contributed by atoms with Crippen molar-refractivity contribution in [2.24, 2.45) is 0 Å². The number of hydrogen-bond acceptors (Lipinski definition) is 3. The van der Waals surface area contributed by atoms with E-state index in [0.29, 0.717) is 12.0 Å². The van der Waals surface area contributed by atoms with Gasteiger partial charge in [-0.25, -0.2) is 4.98 Å². The van der Waals surface area contributed by atoms with E-state index in [4.69, 9.17) is 10.7 Å². The number of pyridine rings is 1. The van der Waals surface area contributed by atoms with Gasteiger partial charge < -0.3 is 10.3 Å². The number of nitrogen functional groups attached to an aromatic ring is 1. The molecule has 2 aliphatic rings. The maximum absolute atomic E-state index is 6.38. The highest BCUT2D eigenvalue weighted by Gasteiger charge is 2.36. The second-order valence-electron chi connectivity index (χ2n) is 5.77. The van der Waals surface area contributed by atoms with Crippen LogP contribution in [0.25, 0.3) is 11.3 Å². The fourth-order valence-corrected chi connectivity index (χ4v) is 2.72. The standard InChI is InChI=1S/C15H18N4/c1-9-6-7-17-8-12(9)13-14(16)19(11-4-5-11)15(18-13)10-2-3-10/h6-8,10-11H,2-5,16H2,1H3. The Morgan fingerprint density at radius 1 is 1.26 bits per heavy atom. The molecular weight excluding hydrogens is 236 g/mol. The van der Waals surface area contributed by atoms with Crippen molar-refractivity contribution in [1.29, 1.82) is 0 Å². The fraction of sp³-hybridized carbons (Fsp3) is 0.467. The number of nitrogens with zero attached hydrogens (tertiary/aromatic N) is 3. The molecule has 2 heterocycles. The first-order valence-electron chi connectivity index (χ1n) is 7.04. The van der Waals surface area contributed by atoms with E-state index in [9.17, 15) is 0 Å². The number of nitrogens with two attached hydrogens (primary N) is 1. The highest BCUT2D eigenvalue weighted by molar-refractivity contribution is 5.73. The maximum Gasteiger partial charge on any atom is 0.132 e. The van der Waals surface area contributed by atoms with Crippen LogP contribution in [-0.2, 0) is 0 Å². The van der Waals surface area contributed by atoms with Gasteiger partial charge in [-0.3, -0.25) is 4.98 Å². The Balaban J connectivity index is 1.89. The van der Waals surface area contributed by atoms with E-state index in [-0.39, 0.29) is 0 Å². The van der Waals surface area contributed by atoms with E-state index in [1.54, 1.807) is 0 Å². The predicted molar refractivity (Wildman–Crippen MR) is 74.9 cm³/mol. The zero-order valence-electron chi connectivity index (χ0n) is 11.1. The third kappa shape index (κ3) is 1.74. The average molecular weight is 254 g/mol. The van der Waals surface area contributed by atoms with E-state index in [0.717, 1.165) is 17.1 Å². The lowest BCUT2D eigenvalue weighted by molar-refractivity contribution is 0.691. The molecule has 2 saturated carbocycles. The van der Waals surface area contributed by atoms with Gasteiger partial charge in [0.15, 0.2) is 0 Å². The van der Waals surface area contributed by atoms with Crippen molar-refractivity contribution >= 4 is 5.82 Å². The molecule has 2 aromatic rings. The van der Waals surface area contributed by atoms with Crippen molar-refractivity contribution in [3.05, 3.63) is 29.8 Å². The number of aryl methyl sites for hydroxylation is 1. The Morgan fingerprint density at radius 3 is 2.68 bits per heavy atom. The molecule has 0 aliphatic heterocycles. The molecule has 0 saturated heterocycles. The van der Waals surface area contributed by atoms with Crippen LogP contribution in [0.5, 0.6) is 0 Å². The summed E-state index contributed by atoms with van der Waals surface area (Å²) in [7, 11) is 0. The number of anilines is 1.